The van der Waals surface area contributed by atoms with Crippen LogP contribution in [0.4, 0.5) is 0 Å². The highest BCUT2D eigenvalue weighted by Gasteiger charge is 2.26. The summed E-state index contributed by atoms with van der Waals surface area (Å²) in [6, 6.07) is 5.28. The Labute approximate surface area is 118 Å². The van der Waals surface area contributed by atoms with Crippen LogP contribution >= 0.6 is 0 Å². The van der Waals surface area contributed by atoms with Crippen LogP contribution in [0.25, 0.3) is 0 Å². The predicted molar refractivity (Wildman–Crippen MR) is 74.5 cm³/mol. The summed E-state index contributed by atoms with van der Waals surface area (Å²) in [4.78, 5) is 38.1. The lowest BCUT2D eigenvalue weighted by Crippen LogP contribution is -2.50. The third kappa shape index (κ3) is 2.87. The highest BCUT2D eigenvalue weighted by atomic mass is 16.2. The van der Waals surface area contributed by atoms with Crippen LogP contribution in [0.1, 0.15) is 21.5 Å². The Kier molecular flexibility index (Phi) is 4.17. The summed E-state index contributed by atoms with van der Waals surface area (Å²) in [5.41, 5.74) is 2.51. The first-order valence-electron chi connectivity index (χ1n) is 6.63. The molecular weight excluding hydrogens is 256 g/mol. The molecule has 2 rings (SSSR count). The van der Waals surface area contributed by atoms with Crippen LogP contribution in [0, 0.1) is 13.8 Å². The van der Waals surface area contributed by atoms with Crippen molar-refractivity contribution in [3.63, 3.8) is 0 Å². The second kappa shape index (κ2) is 5.86. The summed E-state index contributed by atoms with van der Waals surface area (Å²) in [6.45, 7) is 5.66. The molecule has 20 heavy (non-hydrogen) atoms. The smallest absolute Gasteiger partial charge is 0.295 e. The SMILES string of the molecule is Cc1ccc(C(=O)C(=O)N2CCN(C=O)CC2)cc1C. The summed E-state index contributed by atoms with van der Waals surface area (Å²) >= 11 is 0. The quantitative estimate of drug-likeness (QED) is 0.465. The number of carbonyl (C=O) groups is 3. The van der Waals surface area contributed by atoms with E-state index in [2.05, 4.69) is 0 Å². The fraction of sp³-hybridized carbons (Fsp3) is 0.400. The van der Waals surface area contributed by atoms with Gasteiger partial charge in [-0.05, 0) is 31.0 Å². The molecule has 1 aromatic rings. The second-order valence-corrected chi connectivity index (χ2v) is 5.06. The van der Waals surface area contributed by atoms with Crippen molar-refractivity contribution in [3.8, 4) is 0 Å². The zero-order chi connectivity index (χ0) is 14.7. The maximum Gasteiger partial charge on any atom is 0.295 e. The van der Waals surface area contributed by atoms with E-state index in [0.717, 1.165) is 17.5 Å². The normalized spacial score (nSPS) is 15.1. The van der Waals surface area contributed by atoms with Gasteiger partial charge in [-0.15, -0.1) is 0 Å². The zero-order valence-corrected chi connectivity index (χ0v) is 11.8. The van der Waals surface area contributed by atoms with Gasteiger partial charge < -0.3 is 9.80 Å². The van der Waals surface area contributed by atoms with Crippen LogP contribution in [-0.4, -0.2) is 54.1 Å². The van der Waals surface area contributed by atoms with E-state index in [4.69, 9.17) is 0 Å². The predicted octanol–water partition coefficient (Wildman–Crippen LogP) is 0.787. The average molecular weight is 274 g/mol. The van der Waals surface area contributed by atoms with E-state index in [1.54, 1.807) is 17.0 Å². The number of rotatable bonds is 3. The molecule has 0 atom stereocenters. The Morgan fingerprint density at radius 3 is 2.25 bits per heavy atom. The molecule has 0 spiro atoms. The number of carbonyl (C=O) groups excluding carboxylic acids is 3. The van der Waals surface area contributed by atoms with Crippen LogP contribution in [0.15, 0.2) is 18.2 Å². The average Bonchev–Trinajstić information content (AvgIpc) is 2.48. The summed E-state index contributed by atoms with van der Waals surface area (Å²) in [5, 5.41) is 0. The van der Waals surface area contributed by atoms with Crippen molar-refractivity contribution >= 4 is 18.1 Å². The van der Waals surface area contributed by atoms with E-state index in [-0.39, 0.29) is 0 Å². The molecule has 0 aliphatic carbocycles. The molecule has 0 unspecified atom stereocenters. The molecule has 2 amide bonds. The van der Waals surface area contributed by atoms with E-state index < -0.39 is 11.7 Å². The molecule has 1 fully saturated rings. The van der Waals surface area contributed by atoms with Crippen molar-refractivity contribution in [3.05, 3.63) is 34.9 Å². The molecule has 1 aromatic carbocycles. The molecule has 0 radical (unpaired) electrons. The van der Waals surface area contributed by atoms with Gasteiger partial charge in [0.2, 0.25) is 12.2 Å². The number of amides is 2. The number of ketones is 1. The topological polar surface area (TPSA) is 57.7 Å². The van der Waals surface area contributed by atoms with Crippen molar-refractivity contribution in [2.45, 2.75) is 13.8 Å². The molecule has 0 N–H and O–H groups in total. The minimum atomic E-state index is -0.487. The summed E-state index contributed by atoms with van der Waals surface area (Å²) in [6.07, 6.45) is 0.771. The standard InChI is InChI=1S/C15H18N2O3/c1-11-3-4-13(9-12(11)2)14(19)15(20)17-7-5-16(10-18)6-8-17/h3-4,9-10H,5-8H2,1-2H3. The molecule has 1 aliphatic rings. The van der Waals surface area contributed by atoms with Crippen molar-refractivity contribution in [2.75, 3.05) is 26.2 Å². The number of Topliss-reactive ketones (excluding diaryl/α,β-unsaturated/α-hetero) is 1. The van der Waals surface area contributed by atoms with Crippen LogP contribution in [-0.2, 0) is 9.59 Å². The second-order valence-electron chi connectivity index (χ2n) is 5.06. The number of nitrogens with zero attached hydrogens (tertiary/aromatic N) is 2. The minimum absolute atomic E-state index is 0.411. The van der Waals surface area contributed by atoms with E-state index >= 15 is 0 Å². The van der Waals surface area contributed by atoms with Gasteiger partial charge in [0.25, 0.3) is 5.91 Å². The molecule has 5 nitrogen and oxygen atoms in total. The van der Waals surface area contributed by atoms with Gasteiger partial charge in [-0.3, -0.25) is 14.4 Å². The fourth-order valence-electron chi connectivity index (χ4n) is 2.18. The van der Waals surface area contributed by atoms with Crippen molar-refractivity contribution < 1.29 is 14.4 Å². The Morgan fingerprint density at radius 1 is 1.05 bits per heavy atom. The summed E-state index contributed by atoms with van der Waals surface area (Å²) < 4.78 is 0. The lowest BCUT2D eigenvalue weighted by Gasteiger charge is -2.32. The Morgan fingerprint density at radius 2 is 1.70 bits per heavy atom. The fourth-order valence-corrected chi connectivity index (χ4v) is 2.18. The van der Waals surface area contributed by atoms with Gasteiger partial charge in [0.15, 0.2) is 0 Å². The molecule has 0 bridgehead atoms. The molecule has 1 aliphatic heterocycles. The van der Waals surface area contributed by atoms with Gasteiger partial charge >= 0.3 is 0 Å². The first-order chi connectivity index (χ1) is 9.52. The van der Waals surface area contributed by atoms with Crippen LogP contribution in [0.3, 0.4) is 0 Å². The van der Waals surface area contributed by atoms with Crippen LogP contribution in [0.2, 0.25) is 0 Å². The van der Waals surface area contributed by atoms with Gasteiger partial charge in [-0.25, -0.2) is 0 Å². The van der Waals surface area contributed by atoms with Gasteiger partial charge in [-0.1, -0.05) is 12.1 Å². The van der Waals surface area contributed by atoms with Crippen LogP contribution in [0.5, 0.6) is 0 Å². The highest BCUT2D eigenvalue weighted by molar-refractivity contribution is 6.42. The molecule has 106 valence electrons. The van der Waals surface area contributed by atoms with Gasteiger partial charge in [0, 0.05) is 31.7 Å². The van der Waals surface area contributed by atoms with Crippen molar-refractivity contribution in [1.82, 2.24) is 9.80 Å². The third-order valence-corrected chi connectivity index (χ3v) is 3.71. The van der Waals surface area contributed by atoms with E-state index in [1.807, 2.05) is 19.9 Å². The first-order valence-corrected chi connectivity index (χ1v) is 6.63. The molecule has 1 heterocycles. The summed E-state index contributed by atoms with van der Waals surface area (Å²) in [7, 11) is 0. The lowest BCUT2D eigenvalue weighted by molar-refractivity contribution is -0.131. The maximum atomic E-state index is 12.2. The maximum absolute atomic E-state index is 12.2. The van der Waals surface area contributed by atoms with Gasteiger partial charge in [-0.2, -0.15) is 0 Å². The number of hydrogen-bond acceptors (Lipinski definition) is 3. The minimum Gasteiger partial charge on any atom is -0.342 e. The van der Waals surface area contributed by atoms with E-state index in [9.17, 15) is 14.4 Å². The van der Waals surface area contributed by atoms with Crippen molar-refractivity contribution in [2.24, 2.45) is 0 Å². The first kappa shape index (κ1) is 14.2. The lowest BCUT2D eigenvalue weighted by atomic mass is 10.0. The number of benzene rings is 1. The molecular formula is C15H18N2O3. The number of aryl methyl sites for hydroxylation is 2. The Balaban J connectivity index is 2.07. The monoisotopic (exact) mass is 274 g/mol. The molecule has 5 heteroatoms. The summed E-state index contributed by atoms with van der Waals surface area (Å²) in [5.74, 6) is -0.966. The molecule has 0 aromatic heterocycles. The zero-order valence-electron chi connectivity index (χ0n) is 11.8. The van der Waals surface area contributed by atoms with Crippen LogP contribution < -0.4 is 0 Å². The highest BCUT2D eigenvalue weighted by Crippen LogP contribution is 2.12. The van der Waals surface area contributed by atoms with Crippen molar-refractivity contribution in [1.29, 1.82) is 0 Å². The van der Waals surface area contributed by atoms with Gasteiger partial charge in [0.1, 0.15) is 0 Å². The molecule has 1 saturated heterocycles. The largest absolute Gasteiger partial charge is 0.342 e. The Hall–Kier alpha value is -2.17. The third-order valence-electron chi connectivity index (χ3n) is 3.71. The Bertz CT molecular complexity index is 546. The number of piperazine rings is 1. The van der Waals surface area contributed by atoms with E-state index in [0.29, 0.717) is 31.7 Å². The van der Waals surface area contributed by atoms with Gasteiger partial charge in [0.05, 0.1) is 0 Å². The number of hydrogen-bond donors (Lipinski definition) is 0. The molecule has 0 saturated carbocycles. The van der Waals surface area contributed by atoms with E-state index in [1.165, 1.54) is 4.90 Å².